The molecular formula is C22H25NO10. The molecule has 4 N–H and O–H groups in total. The van der Waals surface area contributed by atoms with Gasteiger partial charge in [0.2, 0.25) is 6.29 Å². The highest BCUT2D eigenvalue weighted by Crippen LogP contribution is 2.29. The smallest absolute Gasteiger partial charge is 0.355 e. The average Bonchev–Trinajstić information content (AvgIpc) is 3.07. The van der Waals surface area contributed by atoms with Gasteiger partial charge in [0.25, 0.3) is 0 Å². The second kappa shape index (κ2) is 10.6. The lowest BCUT2D eigenvalue weighted by molar-refractivity contribution is -0.277. The summed E-state index contributed by atoms with van der Waals surface area (Å²) >= 11 is 0. The Morgan fingerprint density at radius 1 is 0.970 bits per heavy atom. The highest BCUT2D eigenvalue weighted by atomic mass is 16.7. The van der Waals surface area contributed by atoms with E-state index in [4.69, 9.17) is 18.9 Å². The molecule has 0 radical (unpaired) electrons. The third-order valence-corrected chi connectivity index (χ3v) is 5.10. The van der Waals surface area contributed by atoms with Crippen LogP contribution >= 0.6 is 0 Å². The van der Waals surface area contributed by atoms with Gasteiger partial charge in [0.15, 0.2) is 0 Å². The van der Waals surface area contributed by atoms with Gasteiger partial charge in [-0.15, -0.1) is 0 Å². The van der Waals surface area contributed by atoms with Crippen molar-refractivity contribution in [3.8, 4) is 5.75 Å². The van der Waals surface area contributed by atoms with Gasteiger partial charge in [-0.05, 0) is 36.4 Å². The number of hydrogen-bond donors (Lipinski definition) is 4. The van der Waals surface area contributed by atoms with Crippen LogP contribution in [-0.4, -0.2) is 83.9 Å². The van der Waals surface area contributed by atoms with E-state index >= 15 is 0 Å². The van der Waals surface area contributed by atoms with Crippen molar-refractivity contribution in [1.29, 1.82) is 0 Å². The van der Waals surface area contributed by atoms with Gasteiger partial charge < -0.3 is 44.3 Å². The monoisotopic (exact) mass is 463 g/mol. The maximum absolute atomic E-state index is 12.5. The fraction of sp³-hybridized carbons (Fsp3) is 0.364. The quantitative estimate of drug-likeness (QED) is 0.398. The average molecular weight is 463 g/mol. The minimum absolute atomic E-state index is 0.00371. The predicted molar refractivity (Wildman–Crippen MR) is 113 cm³/mol. The highest BCUT2D eigenvalue weighted by Gasteiger charge is 2.44. The topological polar surface area (TPSA) is 155 Å². The summed E-state index contributed by atoms with van der Waals surface area (Å²) < 4.78 is 20.5. The van der Waals surface area contributed by atoms with Crippen molar-refractivity contribution in [2.75, 3.05) is 25.7 Å². The second-order valence-electron chi connectivity index (χ2n) is 7.13. The number of carbonyl (C=O) groups excluding carboxylic acids is 2. The van der Waals surface area contributed by atoms with Crippen LogP contribution in [0.2, 0.25) is 0 Å². The number of allylic oxidation sites excluding steroid dienone is 2. The summed E-state index contributed by atoms with van der Waals surface area (Å²) in [4.78, 5) is 26.2. The van der Waals surface area contributed by atoms with Crippen molar-refractivity contribution < 1.29 is 49.0 Å². The molecule has 3 rings (SSSR count). The first-order valence-corrected chi connectivity index (χ1v) is 9.94. The molecule has 2 aliphatic heterocycles. The van der Waals surface area contributed by atoms with Gasteiger partial charge >= 0.3 is 11.9 Å². The molecule has 33 heavy (non-hydrogen) atoms. The summed E-state index contributed by atoms with van der Waals surface area (Å²) in [7, 11) is 2.39. The van der Waals surface area contributed by atoms with Gasteiger partial charge in [0.05, 0.1) is 26.4 Å². The van der Waals surface area contributed by atoms with Crippen LogP contribution in [0.3, 0.4) is 0 Å². The van der Waals surface area contributed by atoms with E-state index in [9.17, 15) is 30.0 Å². The molecule has 0 saturated carbocycles. The zero-order valence-electron chi connectivity index (χ0n) is 17.9. The lowest BCUT2D eigenvalue weighted by Crippen LogP contribution is -2.60. The van der Waals surface area contributed by atoms with Crippen molar-refractivity contribution in [2.24, 2.45) is 0 Å². The summed E-state index contributed by atoms with van der Waals surface area (Å²) in [5, 5.41) is 39.2. The summed E-state index contributed by atoms with van der Waals surface area (Å²) in [5.41, 5.74) is 0.408. The van der Waals surface area contributed by atoms with E-state index in [-0.39, 0.29) is 17.0 Å². The Hall–Kier alpha value is -3.22. The molecule has 1 aromatic carbocycles. The first-order valence-electron chi connectivity index (χ1n) is 9.94. The summed E-state index contributed by atoms with van der Waals surface area (Å²) in [6, 6.07) is 6.17. The van der Waals surface area contributed by atoms with Crippen LogP contribution in [0.1, 0.15) is 0 Å². The van der Waals surface area contributed by atoms with Crippen molar-refractivity contribution in [1.82, 2.24) is 0 Å². The Morgan fingerprint density at radius 3 is 2.24 bits per heavy atom. The molecule has 2 heterocycles. The molecule has 2 aliphatic rings. The first-order chi connectivity index (χ1) is 15.8. The number of esters is 2. The molecule has 0 amide bonds. The minimum atomic E-state index is -1.57. The first kappa shape index (κ1) is 24.4. The van der Waals surface area contributed by atoms with E-state index in [2.05, 4.69) is 0 Å². The maximum atomic E-state index is 12.5. The van der Waals surface area contributed by atoms with E-state index in [1.54, 1.807) is 30.5 Å². The van der Waals surface area contributed by atoms with Crippen LogP contribution in [0, 0.1) is 0 Å². The van der Waals surface area contributed by atoms with Crippen LogP contribution in [0.4, 0.5) is 5.69 Å². The van der Waals surface area contributed by atoms with Crippen LogP contribution in [0.15, 0.2) is 60.0 Å². The van der Waals surface area contributed by atoms with Gasteiger partial charge in [-0.3, -0.25) is 0 Å². The third kappa shape index (κ3) is 5.07. The molecule has 11 heteroatoms. The number of hydrogen-bond acceptors (Lipinski definition) is 11. The third-order valence-electron chi connectivity index (χ3n) is 5.10. The number of anilines is 1. The number of carbonyl (C=O) groups is 2. The van der Waals surface area contributed by atoms with Crippen LogP contribution in [0.5, 0.6) is 5.75 Å². The standard InChI is InChI=1S/C22H25NO10/c1-30-20(28)14-5-3-4-10-23(16(14)21(29)31-2)12-6-8-13(9-7-12)32-22-19(27)18(26)17(25)15(11-24)33-22/h3-10,15,17-19,22,24-27H,11H2,1-2H3. The summed E-state index contributed by atoms with van der Waals surface area (Å²) in [5.74, 6) is -1.24. The molecule has 5 atom stereocenters. The maximum Gasteiger partial charge on any atom is 0.355 e. The summed E-state index contributed by atoms with van der Waals surface area (Å²) in [6.07, 6.45) is -0.876. The number of methoxy groups -OCH3 is 2. The largest absolute Gasteiger partial charge is 0.465 e. The van der Waals surface area contributed by atoms with E-state index in [0.29, 0.717) is 5.69 Å². The SMILES string of the molecule is COC(=O)C1=C(C(=O)OC)N(c2ccc(OC3OC(CO)C(O)C(O)C3O)cc2)C=CC=C1. The molecule has 5 unspecified atom stereocenters. The fourth-order valence-corrected chi connectivity index (χ4v) is 3.35. The molecule has 0 spiro atoms. The molecule has 0 aromatic heterocycles. The molecule has 1 saturated heterocycles. The molecule has 1 aromatic rings. The molecule has 11 nitrogen and oxygen atoms in total. The van der Waals surface area contributed by atoms with E-state index in [1.165, 1.54) is 37.3 Å². The van der Waals surface area contributed by atoms with Crippen LogP contribution in [0.25, 0.3) is 0 Å². The van der Waals surface area contributed by atoms with E-state index in [0.717, 1.165) is 0 Å². The fourth-order valence-electron chi connectivity index (χ4n) is 3.35. The van der Waals surface area contributed by atoms with Crippen molar-refractivity contribution in [2.45, 2.75) is 30.7 Å². The number of benzene rings is 1. The minimum Gasteiger partial charge on any atom is -0.465 e. The van der Waals surface area contributed by atoms with Crippen molar-refractivity contribution >= 4 is 17.6 Å². The number of ether oxygens (including phenoxy) is 4. The number of nitrogens with zero attached hydrogens (tertiary/aromatic N) is 1. The highest BCUT2D eigenvalue weighted by molar-refractivity contribution is 6.05. The molecular weight excluding hydrogens is 438 g/mol. The van der Waals surface area contributed by atoms with Gasteiger partial charge in [0, 0.05) is 11.9 Å². The molecule has 1 fully saturated rings. The normalized spacial score (nSPS) is 27.2. The Balaban J connectivity index is 1.86. The Bertz CT molecular complexity index is 952. The van der Waals surface area contributed by atoms with Gasteiger partial charge in [-0.2, -0.15) is 0 Å². The van der Waals surface area contributed by atoms with Gasteiger partial charge in [-0.25, -0.2) is 9.59 Å². The lowest BCUT2D eigenvalue weighted by Gasteiger charge is -2.39. The number of aliphatic hydroxyl groups is 4. The van der Waals surface area contributed by atoms with E-state index in [1.807, 2.05) is 0 Å². The Labute approximate surface area is 189 Å². The molecule has 178 valence electrons. The van der Waals surface area contributed by atoms with E-state index < -0.39 is 49.3 Å². The van der Waals surface area contributed by atoms with Gasteiger partial charge in [-0.1, -0.05) is 6.08 Å². The second-order valence-corrected chi connectivity index (χ2v) is 7.13. The Morgan fingerprint density at radius 2 is 1.64 bits per heavy atom. The molecule has 0 bridgehead atoms. The Kier molecular flexibility index (Phi) is 7.84. The number of rotatable bonds is 6. The van der Waals surface area contributed by atoms with Crippen molar-refractivity contribution in [3.63, 3.8) is 0 Å². The number of aliphatic hydroxyl groups excluding tert-OH is 4. The van der Waals surface area contributed by atoms with Crippen molar-refractivity contribution in [3.05, 3.63) is 60.0 Å². The summed E-state index contributed by atoms with van der Waals surface area (Å²) in [6.45, 7) is -0.579. The molecule has 0 aliphatic carbocycles. The van der Waals surface area contributed by atoms with Gasteiger partial charge in [0.1, 0.15) is 35.9 Å². The zero-order valence-corrected chi connectivity index (χ0v) is 17.9. The van der Waals surface area contributed by atoms with Crippen LogP contribution in [-0.2, 0) is 23.8 Å². The predicted octanol–water partition coefficient (Wildman–Crippen LogP) is -0.645. The lowest BCUT2D eigenvalue weighted by atomic mass is 9.99. The zero-order chi connectivity index (χ0) is 24.1. The van der Waals surface area contributed by atoms with Crippen LogP contribution < -0.4 is 9.64 Å².